The van der Waals surface area contributed by atoms with E-state index in [1.54, 1.807) is 12.4 Å². The van der Waals surface area contributed by atoms with Gasteiger partial charge in [0.05, 0.1) is 0 Å². The molecular weight excluding hydrogens is 226 g/mol. The summed E-state index contributed by atoms with van der Waals surface area (Å²) in [6, 6.07) is 4.19. The van der Waals surface area contributed by atoms with Gasteiger partial charge < -0.3 is 9.80 Å². The highest BCUT2D eigenvalue weighted by atomic mass is 16.1. The molecule has 1 aliphatic rings. The van der Waals surface area contributed by atoms with Gasteiger partial charge in [0.15, 0.2) is 0 Å². The van der Waals surface area contributed by atoms with Crippen molar-refractivity contribution in [2.24, 2.45) is 0 Å². The second-order valence-corrected chi connectivity index (χ2v) is 5.18. The van der Waals surface area contributed by atoms with Crippen molar-refractivity contribution in [2.75, 3.05) is 33.7 Å². The molecule has 1 saturated heterocycles. The number of carbonyl (C=O) groups excluding carboxylic acids is 1. The number of carbonyl (C=O) groups is 1. The average Bonchev–Trinajstić information content (AvgIpc) is 2.35. The summed E-state index contributed by atoms with van der Waals surface area (Å²) in [4.78, 5) is 20.7. The summed E-state index contributed by atoms with van der Waals surface area (Å²) in [5, 5.41) is 0. The first-order valence-corrected chi connectivity index (χ1v) is 6.44. The lowest BCUT2D eigenvalue weighted by Gasteiger charge is -2.37. The Labute approximate surface area is 109 Å². The fourth-order valence-electron chi connectivity index (χ4n) is 2.39. The Morgan fingerprint density at radius 2 is 2.28 bits per heavy atom. The van der Waals surface area contributed by atoms with E-state index in [0.29, 0.717) is 24.7 Å². The van der Waals surface area contributed by atoms with Crippen LogP contribution < -0.4 is 0 Å². The molecule has 1 atom stereocenters. The van der Waals surface area contributed by atoms with Gasteiger partial charge in [-0.25, -0.2) is 0 Å². The van der Waals surface area contributed by atoms with E-state index >= 15 is 0 Å². The Balaban J connectivity index is 1.87. The predicted molar refractivity (Wildman–Crippen MR) is 71.5 cm³/mol. The summed E-state index contributed by atoms with van der Waals surface area (Å²) in [5.41, 5.74) is 1.01. The molecule has 0 radical (unpaired) electrons. The number of Topliss-reactive ketones (excluding diaryl/α,β-unsaturated/α-hetero) is 1. The third-order valence-corrected chi connectivity index (χ3v) is 3.57. The monoisotopic (exact) mass is 247 g/mol. The third kappa shape index (κ3) is 3.62. The highest BCUT2D eigenvalue weighted by Gasteiger charge is 2.24. The van der Waals surface area contributed by atoms with E-state index in [0.717, 1.165) is 25.2 Å². The number of hydrogen-bond acceptors (Lipinski definition) is 4. The van der Waals surface area contributed by atoms with Crippen LogP contribution in [0.1, 0.15) is 12.0 Å². The molecule has 98 valence electrons. The largest absolute Gasteiger partial charge is 0.304 e. The highest BCUT2D eigenvalue weighted by molar-refractivity contribution is 5.81. The summed E-state index contributed by atoms with van der Waals surface area (Å²) in [7, 11) is 4.22. The Morgan fingerprint density at radius 3 is 3.00 bits per heavy atom. The molecule has 1 fully saturated rings. The summed E-state index contributed by atoms with van der Waals surface area (Å²) >= 11 is 0. The van der Waals surface area contributed by atoms with Gasteiger partial charge in [0.25, 0.3) is 0 Å². The summed E-state index contributed by atoms with van der Waals surface area (Å²) < 4.78 is 0. The van der Waals surface area contributed by atoms with Gasteiger partial charge in [-0.1, -0.05) is 6.07 Å². The van der Waals surface area contributed by atoms with Crippen molar-refractivity contribution in [2.45, 2.75) is 18.9 Å². The number of piperazine rings is 1. The standard InChI is InChI=1S/C14H21N3O/c1-16-6-7-17(2)13(11-16)9-14(18)8-12-4-3-5-15-10-12/h3-5,10,13H,6-9,11H2,1-2H3. The van der Waals surface area contributed by atoms with Crippen molar-refractivity contribution in [1.29, 1.82) is 0 Å². The van der Waals surface area contributed by atoms with E-state index in [-0.39, 0.29) is 0 Å². The topological polar surface area (TPSA) is 36.4 Å². The van der Waals surface area contributed by atoms with Gasteiger partial charge in [-0.05, 0) is 25.7 Å². The van der Waals surface area contributed by atoms with Crippen LogP contribution in [0.3, 0.4) is 0 Å². The first-order valence-electron chi connectivity index (χ1n) is 6.44. The number of aromatic nitrogens is 1. The van der Waals surface area contributed by atoms with Crippen molar-refractivity contribution in [1.82, 2.24) is 14.8 Å². The minimum absolute atomic E-state index is 0.301. The Bertz CT molecular complexity index is 393. The molecule has 0 spiro atoms. The number of likely N-dealkylation sites (N-methyl/N-ethyl adjacent to an activating group) is 2. The minimum Gasteiger partial charge on any atom is -0.304 e. The molecule has 2 rings (SSSR count). The van der Waals surface area contributed by atoms with Crippen LogP contribution in [0.2, 0.25) is 0 Å². The SMILES string of the molecule is CN1CCN(C)C(CC(=O)Cc2cccnc2)C1. The van der Waals surface area contributed by atoms with Crippen molar-refractivity contribution in [3.05, 3.63) is 30.1 Å². The average molecular weight is 247 g/mol. The van der Waals surface area contributed by atoms with Crippen molar-refractivity contribution in [3.63, 3.8) is 0 Å². The third-order valence-electron chi connectivity index (χ3n) is 3.57. The molecule has 4 heteroatoms. The fourth-order valence-corrected chi connectivity index (χ4v) is 2.39. The normalized spacial score (nSPS) is 22.0. The molecular formula is C14H21N3O. The maximum Gasteiger partial charge on any atom is 0.138 e. The second kappa shape index (κ2) is 6.07. The molecule has 1 aromatic heterocycles. The number of ketones is 1. The van der Waals surface area contributed by atoms with Crippen LogP contribution in [0.4, 0.5) is 0 Å². The van der Waals surface area contributed by atoms with Crippen LogP contribution in [0.15, 0.2) is 24.5 Å². The van der Waals surface area contributed by atoms with E-state index in [2.05, 4.69) is 28.9 Å². The van der Waals surface area contributed by atoms with Gasteiger partial charge in [-0.15, -0.1) is 0 Å². The van der Waals surface area contributed by atoms with E-state index in [4.69, 9.17) is 0 Å². The van der Waals surface area contributed by atoms with Crippen LogP contribution in [0.25, 0.3) is 0 Å². The number of pyridine rings is 1. The molecule has 0 aromatic carbocycles. The van der Waals surface area contributed by atoms with Gasteiger partial charge in [0, 0.05) is 50.9 Å². The van der Waals surface area contributed by atoms with Crippen LogP contribution in [-0.4, -0.2) is 60.3 Å². The second-order valence-electron chi connectivity index (χ2n) is 5.18. The van der Waals surface area contributed by atoms with Crippen molar-refractivity contribution in [3.8, 4) is 0 Å². The molecule has 1 unspecified atom stereocenters. The lowest BCUT2D eigenvalue weighted by atomic mass is 10.0. The highest BCUT2D eigenvalue weighted by Crippen LogP contribution is 2.11. The zero-order valence-electron chi connectivity index (χ0n) is 11.2. The fraction of sp³-hybridized carbons (Fsp3) is 0.571. The van der Waals surface area contributed by atoms with Crippen molar-refractivity contribution >= 4 is 5.78 Å². The summed E-state index contributed by atoms with van der Waals surface area (Å²) in [6.07, 6.45) is 4.64. The van der Waals surface area contributed by atoms with Crippen LogP contribution in [0, 0.1) is 0 Å². The predicted octanol–water partition coefficient (Wildman–Crippen LogP) is 0.829. The smallest absolute Gasteiger partial charge is 0.138 e. The van der Waals surface area contributed by atoms with Gasteiger partial charge in [0.1, 0.15) is 5.78 Å². The Kier molecular flexibility index (Phi) is 4.44. The van der Waals surface area contributed by atoms with Gasteiger partial charge >= 0.3 is 0 Å². The van der Waals surface area contributed by atoms with E-state index in [1.165, 1.54) is 0 Å². The zero-order chi connectivity index (χ0) is 13.0. The minimum atomic E-state index is 0.301. The van der Waals surface area contributed by atoms with Crippen LogP contribution in [-0.2, 0) is 11.2 Å². The van der Waals surface area contributed by atoms with Crippen molar-refractivity contribution < 1.29 is 4.79 Å². The van der Waals surface area contributed by atoms with Crippen LogP contribution >= 0.6 is 0 Å². The first kappa shape index (κ1) is 13.2. The van der Waals surface area contributed by atoms with Gasteiger partial charge in [0.2, 0.25) is 0 Å². The molecule has 0 saturated carbocycles. The molecule has 1 aliphatic heterocycles. The molecule has 0 aliphatic carbocycles. The molecule has 1 aromatic rings. The van der Waals surface area contributed by atoms with Gasteiger partial charge in [-0.3, -0.25) is 9.78 Å². The molecule has 0 N–H and O–H groups in total. The molecule has 18 heavy (non-hydrogen) atoms. The lowest BCUT2D eigenvalue weighted by molar-refractivity contribution is -0.120. The zero-order valence-corrected chi connectivity index (χ0v) is 11.2. The first-order chi connectivity index (χ1) is 8.65. The van der Waals surface area contributed by atoms with E-state index in [1.807, 2.05) is 12.1 Å². The maximum absolute atomic E-state index is 12.1. The molecule has 0 amide bonds. The summed E-state index contributed by atoms with van der Waals surface area (Å²) in [5.74, 6) is 0.301. The number of nitrogens with zero attached hydrogens (tertiary/aromatic N) is 3. The van der Waals surface area contributed by atoms with Gasteiger partial charge in [-0.2, -0.15) is 0 Å². The molecule has 0 bridgehead atoms. The summed E-state index contributed by atoms with van der Waals surface area (Å²) in [6.45, 7) is 3.11. The Hall–Kier alpha value is -1.26. The maximum atomic E-state index is 12.1. The van der Waals surface area contributed by atoms with E-state index in [9.17, 15) is 4.79 Å². The number of hydrogen-bond donors (Lipinski definition) is 0. The quantitative estimate of drug-likeness (QED) is 0.789. The Morgan fingerprint density at radius 1 is 1.44 bits per heavy atom. The van der Waals surface area contributed by atoms with E-state index < -0.39 is 0 Å². The lowest BCUT2D eigenvalue weighted by Crippen LogP contribution is -2.50. The molecule has 4 nitrogen and oxygen atoms in total. The van der Waals surface area contributed by atoms with Crippen LogP contribution in [0.5, 0.6) is 0 Å². The molecule has 2 heterocycles. The number of rotatable bonds is 4.